The molecule has 0 aliphatic heterocycles. The van der Waals surface area contributed by atoms with Crippen molar-refractivity contribution in [3.05, 3.63) is 28.8 Å². The summed E-state index contributed by atoms with van der Waals surface area (Å²) in [5, 5.41) is 0. The lowest BCUT2D eigenvalue weighted by atomic mass is 9.94. The number of benzene rings is 1. The van der Waals surface area contributed by atoms with Gasteiger partial charge in [0.2, 0.25) is 0 Å². The molecule has 0 aromatic heterocycles. The van der Waals surface area contributed by atoms with Crippen LogP contribution in [0.4, 0.5) is 0 Å². The summed E-state index contributed by atoms with van der Waals surface area (Å²) in [4.78, 5) is 0. The molecule has 4 nitrogen and oxygen atoms in total. The first-order valence-electron chi connectivity index (χ1n) is 6.00. The molecule has 0 unspecified atom stereocenters. The highest BCUT2D eigenvalue weighted by Gasteiger charge is 2.33. The van der Waals surface area contributed by atoms with Gasteiger partial charge in [0.25, 0.3) is 0 Å². The third kappa shape index (κ3) is 2.66. The van der Waals surface area contributed by atoms with E-state index >= 15 is 0 Å². The van der Waals surface area contributed by atoms with Gasteiger partial charge in [0.15, 0.2) is 5.79 Å². The number of aryl methyl sites for hydroxylation is 2. The van der Waals surface area contributed by atoms with Gasteiger partial charge >= 0.3 is 0 Å². The van der Waals surface area contributed by atoms with Gasteiger partial charge in [-0.3, -0.25) is 0 Å². The molecule has 0 bridgehead atoms. The summed E-state index contributed by atoms with van der Waals surface area (Å²) in [6.45, 7) is 4.51. The molecule has 4 heteroatoms. The maximum atomic E-state index is 5.66. The third-order valence-corrected chi connectivity index (χ3v) is 3.29. The molecule has 0 radical (unpaired) electrons. The largest absolute Gasteiger partial charge is 0.496 e. The van der Waals surface area contributed by atoms with Crippen LogP contribution in [-0.2, 0) is 15.3 Å². The molecule has 0 saturated heterocycles. The van der Waals surface area contributed by atoms with Crippen molar-refractivity contribution in [2.45, 2.75) is 26.1 Å². The fourth-order valence-corrected chi connectivity index (χ4v) is 2.25. The molecule has 2 N–H and O–H groups in total. The van der Waals surface area contributed by atoms with Crippen LogP contribution >= 0.6 is 0 Å². The number of hydrogen-bond donors (Lipinski definition) is 1. The molecule has 0 aliphatic rings. The van der Waals surface area contributed by atoms with Crippen LogP contribution in [0.15, 0.2) is 12.1 Å². The molecule has 102 valence electrons. The Labute approximate surface area is 109 Å². The topological polar surface area (TPSA) is 53.7 Å². The standard InChI is InChI=1S/C14H23NO3/c1-10-9-13(16-3)11(2)8-12(10)14(17-4,18-5)6-7-15/h8-9H,6-7,15H2,1-5H3. The van der Waals surface area contributed by atoms with Gasteiger partial charge in [0.05, 0.1) is 7.11 Å². The molecular weight excluding hydrogens is 230 g/mol. The van der Waals surface area contributed by atoms with E-state index in [0.717, 1.165) is 22.4 Å². The molecular formula is C14H23NO3. The monoisotopic (exact) mass is 253 g/mol. The lowest BCUT2D eigenvalue weighted by Gasteiger charge is -2.32. The van der Waals surface area contributed by atoms with Crippen molar-refractivity contribution in [2.24, 2.45) is 5.73 Å². The Hall–Kier alpha value is -1.10. The number of methoxy groups -OCH3 is 3. The zero-order valence-corrected chi connectivity index (χ0v) is 11.9. The average molecular weight is 253 g/mol. The minimum absolute atomic E-state index is 0.492. The van der Waals surface area contributed by atoms with Crippen molar-refractivity contribution in [1.82, 2.24) is 0 Å². The van der Waals surface area contributed by atoms with Gasteiger partial charge in [-0.2, -0.15) is 0 Å². The van der Waals surface area contributed by atoms with E-state index in [1.54, 1.807) is 21.3 Å². The van der Waals surface area contributed by atoms with E-state index in [4.69, 9.17) is 19.9 Å². The van der Waals surface area contributed by atoms with Gasteiger partial charge in [-0.1, -0.05) is 0 Å². The van der Waals surface area contributed by atoms with Gasteiger partial charge in [-0.05, 0) is 43.7 Å². The van der Waals surface area contributed by atoms with E-state index in [9.17, 15) is 0 Å². The Morgan fingerprint density at radius 1 is 1.06 bits per heavy atom. The normalized spacial score (nSPS) is 11.7. The first-order chi connectivity index (χ1) is 8.54. The summed E-state index contributed by atoms with van der Waals surface area (Å²) in [7, 11) is 4.94. The van der Waals surface area contributed by atoms with Gasteiger partial charge in [-0.25, -0.2) is 0 Å². The predicted molar refractivity (Wildman–Crippen MR) is 71.8 cm³/mol. The summed E-state index contributed by atoms with van der Waals surface area (Å²) in [6, 6.07) is 4.03. The molecule has 0 atom stereocenters. The maximum Gasteiger partial charge on any atom is 0.195 e. The highest BCUT2D eigenvalue weighted by atomic mass is 16.7. The van der Waals surface area contributed by atoms with Crippen molar-refractivity contribution < 1.29 is 14.2 Å². The Kier molecular flexibility index (Phi) is 5.14. The Morgan fingerprint density at radius 2 is 1.67 bits per heavy atom. The lowest BCUT2D eigenvalue weighted by molar-refractivity contribution is -0.218. The molecule has 0 fully saturated rings. The van der Waals surface area contributed by atoms with E-state index in [2.05, 4.69) is 0 Å². The van der Waals surface area contributed by atoms with Gasteiger partial charge in [0.1, 0.15) is 5.75 Å². The number of rotatable bonds is 6. The summed E-state index contributed by atoms with van der Waals surface area (Å²) >= 11 is 0. The molecule has 1 rings (SSSR count). The van der Waals surface area contributed by atoms with Crippen LogP contribution < -0.4 is 10.5 Å². The summed E-state index contributed by atoms with van der Waals surface area (Å²) in [6.07, 6.45) is 0.604. The smallest absolute Gasteiger partial charge is 0.195 e. The molecule has 0 aliphatic carbocycles. The Morgan fingerprint density at radius 3 is 2.11 bits per heavy atom. The highest BCUT2D eigenvalue weighted by Crippen LogP contribution is 2.35. The van der Waals surface area contributed by atoms with Crippen molar-refractivity contribution in [1.29, 1.82) is 0 Å². The van der Waals surface area contributed by atoms with E-state index in [0.29, 0.717) is 13.0 Å². The SMILES string of the molecule is COc1cc(C)c(C(CCN)(OC)OC)cc1C. The molecule has 1 aromatic rings. The van der Waals surface area contributed by atoms with E-state index in [1.165, 1.54) is 0 Å². The summed E-state index contributed by atoms with van der Waals surface area (Å²) in [5.41, 5.74) is 8.77. The minimum Gasteiger partial charge on any atom is -0.496 e. The van der Waals surface area contributed by atoms with Crippen LogP contribution in [0, 0.1) is 13.8 Å². The second-order valence-corrected chi connectivity index (χ2v) is 4.34. The van der Waals surface area contributed by atoms with E-state index < -0.39 is 5.79 Å². The quantitative estimate of drug-likeness (QED) is 0.789. The fraction of sp³-hybridized carbons (Fsp3) is 0.571. The Bertz CT molecular complexity index is 400. The van der Waals surface area contributed by atoms with Crippen molar-refractivity contribution >= 4 is 0 Å². The molecule has 0 amide bonds. The van der Waals surface area contributed by atoms with Crippen molar-refractivity contribution in [3.8, 4) is 5.75 Å². The van der Waals surface area contributed by atoms with Crippen LogP contribution in [0.1, 0.15) is 23.1 Å². The first-order valence-corrected chi connectivity index (χ1v) is 6.00. The zero-order valence-electron chi connectivity index (χ0n) is 11.9. The first kappa shape index (κ1) is 15.0. The molecule has 0 spiro atoms. The Balaban J connectivity index is 3.32. The zero-order chi connectivity index (χ0) is 13.8. The molecule has 1 aromatic carbocycles. The van der Waals surface area contributed by atoms with Gasteiger partial charge in [0, 0.05) is 26.2 Å². The molecule has 18 heavy (non-hydrogen) atoms. The minimum atomic E-state index is -0.782. The number of nitrogens with two attached hydrogens (primary N) is 1. The van der Waals surface area contributed by atoms with Gasteiger partial charge < -0.3 is 19.9 Å². The fourth-order valence-electron chi connectivity index (χ4n) is 2.25. The van der Waals surface area contributed by atoms with E-state index in [-0.39, 0.29) is 0 Å². The van der Waals surface area contributed by atoms with Gasteiger partial charge in [-0.15, -0.1) is 0 Å². The molecule has 0 heterocycles. The molecule has 0 saturated carbocycles. The van der Waals surface area contributed by atoms with Crippen molar-refractivity contribution in [2.75, 3.05) is 27.9 Å². The maximum absolute atomic E-state index is 5.66. The number of hydrogen-bond acceptors (Lipinski definition) is 4. The summed E-state index contributed by atoms with van der Waals surface area (Å²) < 4.78 is 16.5. The van der Waals surface area contributed by atoms with Crippen LogP contribution in [0.5, 0.6) is 5.75 Å². The lowest BCUT2D eigenvalue weighted by Crippen LogP contribution is -2.34. The third-order valence-electron chi connectivity index (χ3n) is 3.29. The van der Waals surface area contributed by atoms with Crippen LogP contribution in [0.3, 0.4) is 0 Å². The van der Waals surface area contributed by atoms with Crippen LogP contribution in [-0.4, -0.2) is 27.9 Å². The van der Waals surface area contributed by atoms with Crippen LogP contribution in [0.2, 0.25) is 0 Å². The van der Waals surface area contributed by atoms with Crippen molar-refractivity contribution in [3.63, 3.8) is 0 Å². The summed E-state index contributed by atoms with van der Waals surface area (Å²) in [5.74, 6) is 0.0840. The average Bonchev–Trinajstić information content (AvgIpc) is 2.38. The van der Waals surface area contributed by atoms with E-state index in [1.807, 2.05) is 26.0 Å². The second kappa shape index (κ2) is 6.18. The predicted octanol–water partition coefficient (Wildman–Crippen LogP) is 2.11. The van der Waals surface area contributed by atoms with Crippen LogP contribution in [0.25, 0.3) is 0 Å². The highest BCUT2D eigenvalue weighted by molar-refractivity contribution is 5.43. The second-order valence-electron chi connectivity index (χ2n) is 4.34. The number of ether oxygens (including phenoxy) is 3.